The standard InChI is InChI=1S/C17H24O/c1-4-5-6-13-7-8-14-9-10-17(2,3)12-16(18)15(14)11-13/h7-8,11H,4-6,9-10,12H2,1-3H3. The van der Waals surface area contributed by atoms with Gasteiger partial charge in [0.25, 0.3) is 0 Å². The number of unbranched alkanes of at least 4 members (excludes halogenated alkanes) is 1. The van der Waals surface area contributed by atoms with Gasteiger partial charge in [-0.3, -0.25) is 4.79 Å². The quantitative estimate of drug-likeness (QED) is 0.712. The summed E-state index contributed by atoms with van der Waals surface area (Å²) < 4.78 is 0. The van der Waals surface area contributed by atoms with Crippen molar-refractivity contribution in [2.45, 2.75) is 59.3 Å². The van der Waals surface area contributed by atoms with Crippen molar-refractivity contribution in [1.82, 2.24) is 0 Å². The highest BCUT2D eigenvalue weighted by Crippen LogP contribution is 2.34. The number of hydrogen-bond donors (Lipinski definition) is 0. The summed E-state index contributed by atoms with van der Waals surface area (Å²) in [7, 11) is 0. The summed E-state index contributed by atoms with van der Waals surface area (Å²) in [5, 5.41) is 0. The number of carbonyl (C=O) groups is 1. The molecule has 1 heteroatoms. The molecular weight excluding hydrogens is 220 g/mol. The van der Waals surface area contributed by atoms with Crippen LogP contribution in [-0.2, 0) is 12.8 Å². The normalized spacial score (nSPS) is 18.3. The molecule has 0 bridgehead atoms. The SMILES string of the molecule is CCCCc1ccc2c(c1)C(=O)CC(C)(C)CC2. The lowest BCUT2D eigenvalue weighted by molar-refractivity contribution is 0.0934. The van der Waals surface area contributed by atoms with Crippen LogP contribution in [0, 0.1) is 5.41 Å². The third kappa shape index (κ3) is 3.01. The first kappa shape index (κ1) is 13.3. The van der Waals surface area contributed by atoms with Crippen molar-refractivity contribution in [2.24, 2.45) is 5.41 Å². The number of aryl methyl sites for hydroxylation is 2. The number of carbonyl (C=O) groups excluding carboxylic acids is 1. The summed E-state index contributed by atoms with van der Waals surface area (Å²) in [4.78, 5) is 12.3. The van der Waals surface area contributed by atoms with Crippen LogP contribution in [0.3, 0.4) is 0 Å². The highest BCUT2D eigenvalue weighted by Gasteiger charge is 2.27. The first-order chi connectivity index (χ1) is 8.52. The molecule has 0 spiro atoms. The number of benzene rings is 1. The first-order valence-electron chi connectivity index (χ1n) is 7.17. The van der Waals surface area contributed by atoms with Gasteiger partial charge in [-0.15, -0.1) is 0 Å². The highest BCUT2D eigenvalue weighted by atomic mass is 16.1. The summed E-state index contributed by atoms with van der Waals surface area (Å²) in [5.41, 5.74) is 3.73. The fraction of sp³-hybridized carbons (Fsp3) is 0.588. The van der Waals surface area contributed by atoms with E-state index < -0.39 is 0 Å². The topological polar surface area (TPSA) is 17.1 Å². The summed E-state index contributed by atoms with van der Waals surface area (Å²) in [5.74, 6) is 0.339. The Hall–Kier alpha value is -1.11. The van der Waals surface area contributed by atoms with Gasteiger partial charge in [0.05, 0.1) is 0 Å². The molecule has 0 radical (unpaired) electrons. The summed E-state index contributed by atoms with van der Waals surface area (Å²) >= 11 is 0. The van der Waals surface area contributed by atoms with E-state index in [1.54, 1.807) is 0 Å². The van der Waals surface area contributed by atoms with Crippen molar-refractivity contribution in [3.8, 4) is 0 Å². The van der Waals surface area contributed by atoms with Crippen molar-refractivity contribution >= 4 is 5.78 Å². The zero-order valence-corrected chi connectivity index (χ0v) is 11.9. The maximum Gasteiger partial charge on any atom is 0.163 e. The molecule has 18 heavy (non-hydrogen) atoms. The smallest absolute Gasteiger partial charge is 0.163 e. The molecule has 1 nitrogen and oxygen atoms in total. The zero-order chi connectivity index (χ0) is 13.2. The van der Waals surface area contributed by atoms with Crippen LogP contribution < -0.4 is 0 Å². The first-order valence-corrected chi connectivity index (χ1v) is 7.17. The minimum Gasteiger partial charge on any atom is -0.294 e. The minimum absolute atomic E-state index is 0.152. The second-order valence-electron chi connectivity index (χ2n) is 6.36. The molecule has 1 aliphatic carbocycles. The van der Waals surface area contributed by atoms with Crippen LogP contribution in [0.4, 0.5) is 0 Å². The highest BCUT2D eigenvalue weighted by molar-refractivity contribution is 5.98. The van der Waals surface area contributed by atoms with E-state index in [2.05, 4.69) is 39.0 Å². The van der Waals surface area contributed by atoms with Gasteiger partial charge in [-0.2, -0.15) is 0 Å². The average molecular weight is 244 g/mol. The van der Waals surface area contributed by atoms with E-state index in [-0.39, 0.29) is 5.41 Å². The Kier molecular flexibility index (Phi) is 3.89. The maximum atomic E-state index is 12.3. The Morgan fingerprint density at radius 3 is 2.78 bits per heavy atom. The number of Topliss-reactive ketones (excluding diaryl/α,β-unsaturated/α-hetero) is 1. The van der Waals surface area contributed by atoms with Crippen molar-refractivity contribution in [1.29, 1.82) is 0 Å². The number of hydrogen-bond acceptors (Lipinski definition) is 1. The number of rotatable bonds is 3. The van der Waals surface area contributed by atoms with E-state index >= 15 is 0 Å². The monoisotopic (exact) mass is 244 g/mol. The molecule has 0 atom stereocenters. The lowest BCUT2D eigenvalue weighted by Crippen LogP contribution is -2.14. The van der Waals surface area contributed by atoms with Crippen molar-refractivity contribution in [2.75, 3.05) is 0 Å². The molecule has 0 saturated carbocycles. The summed E-state index contributed by atoms with van der Waals surface area (Å²) in [6.45, 7) is 6.61. The van der Waals surface area contributed by atoms with Crippen LogP contribution in [0.15, 0.2) is 18.2 Å². The molecule has 0 amide bonds. The summed E-state index contributed by atoms with van der Waals surface area (Å²) in [6, 6.07) is 6.54. The predicted octanol–water partition coefficient (Wildman–Crippen LogP) is 4.57. The van der Waals surface area contributed by atoms with Gasteiger partial charge in [0.15, 0.2) is 5.78 Å². The van der Waals surface area contributed by atoms with Gasteiger partial charge in [0, 0.05) is 12.0 Å². The molecule has 0 aliphatic heterocycles. The molecule has 2 rings (SSSR count). The van der Waals surface area contributed by atoms with Crippen LogP contribution in [0.2, 0.25) is 0 Å². The molecule has 1 aromatic carbocycles. The molecule has 98 valence electrons. The average Bonchev–Trinajstić information content (AvgIpc) is 2.44. The molecule has 0 fully saturated rings. The molecule has 0 heterocycles. The molecule has 0 saturated heterocycles. The number of ketones is 1. The van der Waals surface area contributed by atoms with Gasteiger partial charge in [0.2, 0.25) is 0 Å². The summed E-state index contributed by atoms with van der Waals surface area (Å²) in [6.07, 6.45) is 6.36. The number of fused-ring (bicyclic) bond motifs is 1. The largest absolute Gasteiger partial charge is 0.294 e. The lowest BCUT2D eigenvalue weighted by Gasteiger charge is -2.20. The fourth-order valence-electron chi connectivity index (χ4n) is 2.73. The fourth-order valence-corrected chi connectivity index (χ4v) is 2.73. The Labute approximate surface area is 111 Å². The lowest BCUT2D eigenvalue weighted by atomic mass is 9.84. The second kappa shape index (κ2) is 5.26. The minimum atomic E-state index is 0.152. The van der Waals surface area contributed by atoms with Crippen LogP contribution in [-0.4, -0.2) is 5.78 Å². The predicted molar refractivity (Wildman–Crippen MR) is 76.1 cm³/mol. The Morgan fingerprint density at radius 1 is 1.28 bits per heavy atom. The van der Waals surface area contributed by atoms with Gasteiger partial charge in [-0.25, -0.2) is 0 Å². The molecule has 0 unspecified atom stereocenters. The van der Waals surface area contributed by atoms with Gasteiger partial charge in [-0.1, -0.05) is 39.3 Å². The second-order valence-corrected chi connectivity index (χ2v) is 6.36. The van der Waals surface area contributed by atoms with Gasteiger partial charge in [-0.05, 0) is 48.3 Å². The van der Waals surface area contributed by atoms with E-state index in [4.69, 9.17) is 0 Å². The van der Waals surface area contributed by atoms with E-state index in [0.29, 0.717) is 12.2 Å². The molecule has 0 aromatic heterocycles. The van der Waals surface area contributed by atoms with E-state index in [9.17, 15) is 4.79 Å². The van der Waals surface area contributed by atoms with Crippen LogP contribution in [0.5, 0.6) is 0 Å². The Balaban J connectivity index is 2.27. The zero-order valence-electron chi connectivity index (χ0n) is 11.9. The molecule has 1 aromatic rings. The molecule has 0 N–H and O–H groups in total. The Morgan fingerprint density at radius 2 is 2.06 bits per heavy atom. The molecular formula is C17H24O. The van der Waals surface area contributed by atoms with Crippen molar-refractivity contribution in [3.05, 3.63) is 34.9 Å². The van der Waals surface area contributed by atoms with Crippen molar-refractivity contribution < 1.29 is 4.79 Å². The Bertz CT molecular complexity index is 443. The molecule has 1 aliphatic rings. The van der Waals surface area contributed by atoms with Crippen LogP contribution in [0.1, 0.15) is 67.9 Å². The van der Waals surface area contributed by atoms with E-state index in [1.165, 1.54) is 24.0 Å². The van der Waals surface area contributed by atoms with Crippen LogP contribution >= 0.6 is 0 Å². The van der Waals surface area contributed by atoms with Gasteiger partial charge < -0.3 is 0 Å². The maximum absolute atomic E-state index is 12.3. The van der Waals surface area contributed by atoms with Gasteiger partial charge in [0.1, 0.15) is 0 Å². The third-order valence-corrected chi connectivity index (χ3v) is 4.00. The third-order valence-electron chi connectivity index (χ3n) is 4.00. The van der Waals surface area contributed by atoms with Crippen molar-refractivity contribution in [3.63, 3.8) is 0 Å². The van der Waals surface area contributed by atoms with Crippen LogP contribution in [0.25, 0.3) is 0 Å². The van der Waals surface area contributed by atoms with E-state index in [0.717, 1.165) is 24.8 Å². The van der Waals surface area contributed by atoms with E-state index in [1.807, 2.05) is 0 Å². The van der Waals surface area contributed by atoms with Gasteiger partial charge >= 0.3 is 0 Å².